The molecule has 1 aromatic rings. The maximum absolute atomic E-state index is 11.6. The molecule has 1 amide bonds. The smallest absolute Gasteiger partial charge is 0.407 e. The van der Waals surface area contributed by atoms with Crippen molar-refractivity contribution in [2.24, 2.45) is 5.92 Å². The molecule has 1 fully saturated rings. The molecule has 0 bridgehead atoms. The lowest BCUT2D eigenvalue weighted by atomic mass is 10.1. The molecule has 2 unspecified atom stereocenters. The van der Waals surface area contributed by atoms with Gasteiger partial charge < -0.3 is 15.4 Å². The number of hydrogen-bond acceptors (Lipinski definition) is 3. The van der Waals surface area contributed by atoms with E-state index in [4.69, 9.17) is 4.74 Å². The molecule has 0 aromatic heterocycles. The van der Waals surface area contributed by atoms with E-state index in [2.05, 4.69) is 41.8 Å². The minimum atomic E-state index is -0.461. The lowest BCUT2D eigenvalue weighted by Gasteiger charge is -2.19. The second-order valence-electron chi connectivity index (χ2n) is 7.57. The lowest BCUT2D eigenvalue weighted by molar-refractivity contribution is 0.0523. The number of amides is 1. The highest BCUT2D eigenvalue weighted by Gasteiger charge is 2.22. The first-order valence-electron chi connectivity index (χ1n) is 8.61. The molecule has 4 nitrogen and oxygen atoms in total. The minimum absolute atomic E-state index is 0.376. The van der Waals surface area contributed by atoms with Gasteiger partial charge in [0, 0.05) is 19.1 Å². The van der Waals surface area contributed by atoms with Crippen LogP contribution in [0.4, 0.5) is 4.79 Å². The first-order chi connectivity index (χ1) is 10.8. The Balaban J connectivity index is 1.75. The van der Waals surface area contributed by atoms with E-state index in [9.17, 15) is 4.79 Å². The van der Waals surface area contributed by atoms with Gasteiger partial charge in [0.1, 0.15) is 5.60 Å². The van der Waals surface area contributed by atoms with Crippen LogP contribution >= 0.6 is 0 Å². The van der Waals surface area contributed by atoms with Crippen molar-refractivity contribution >= 4 is 6.09 Å². The van der Waals surface area contributed by atoms with Gasteiger partial charge in [-0.15, -0.1) is 0 Å². The normalized spacial score (nSPS) is 21.2. The van der Waals surface area contributed by atoms with Crippen molar-refractivity contribution in [3.63, 3.8) is 0 Å². The summed E-state index contributed by atoms with van der Waals surface area (Å²) >= 11 is 0. The van der Waals surface area contributed by atoms with Gasteiger partial charge in [-0.2, -0.15) is 0 Å². The number of carbonyl (C=O) groups is 1. The Morgan fingerprint density at radius 3 is 2.26 bits per heavy atom. The van der Waals surface area contributed by atoms with Crippen LogP contribution in [0.15, 0.2) is 24.3 Å². The van der Waals surface area contributed by atoms with Crippen LogP contribution in [0.25, 0.3) is 0 Å². The van der Waals surface area contributed by atoms with Gasteiger partial charge in [-0.3, -0.25) is 0 Å². The first-order valence-corrected chi connectivity index (χ1v) is 8.61. The Hall–Kier alpha value is -1.55. The monoisotopic (exact) mass is 318 g/mol. The van der Waals surface area contributed by atoms with Gasteiger partial charge in [-0.25, -0.2) is 4.79 Å². The van der Waals surface area contributed by atoms with Crippen molar-refractivity contribution in [2.45, 2.75) is 71.7 Å². The lowest BCUT2D eigenvalue weighted by Crippen LogP contribution is -2.32. The molecule has 1 aliphatic rings. The molecule has 0 radical (unpaired) electrons. The maximum Gasteiger partial charge on any atom is 0.407 e. The highest BCUT2D eigenvalue weighted by molar-refractivity contribution is 5.67. The summed E-state index contributed by atoms with van der Waals surface area (Å²) < 4.78 is 5.23. The molecular weight excluding hydrogens is 288 g/mol. The minimum Gasteiger partial charge on any atom is -0.444 e. The molecule has 1 aliphatic carbocycles. The molecule has 2 N–H and O–H groups in total. The molecule has 0 heterocycles. The van der Waals surface area contributed by atoms with Crippen LogP contribution in [0.2, 0.25) is 0 Å². The third-order valence-corrected chi connectivity index (χ3v) is 4.29. The summed E-state index contributed by atoms with van der Waals surface area (Å²) in [6.07, 6.45) is 3.60. The molecule has 128 valence electrons. The largest absolute Gasteiger partial charge is 0.444 e. The Kier molecular flexibility index (Phi) is 6.05. The second-order valence-corrected chi connectivity index (χ2v) is 7.57. The zero-order valence-corrected chi connectivity index (χ0v) is 14.8. The Bertz CT molecular complexity index is 505. The van der Waals surface area contributed by atoms with E-state index in [-0.39, 0.29) is 6.09 Å². The van der Waals surface area contributed by atoms with Gasteiger partial charge >= 0.3 is 6.09 Å². The molecule has 1 saturated carbocycles. The van der Waals surface area contributed by atoms with E-state index in [1.165, 1.54) is 24.8 Å². The highest BCUT2D eigenvalue weighted by Crippen LogP contribution is 2.25. The standard InChI is InChI=1S/C19H30N2O2/c1-14-6-5-7-17(14)20-12-15-8-10-16(11-9-15)13-21-18(22)23-19(2,3)4/h8-11,14,17,20H,5-7,12-13H2,1-4H3,(H,21,22). The second kappa shape index (κ2) is 7.82. The molecule has 4 heteroatoms. The van der Waals surface area contributed by atoms with Crippen molar-refractivity contribution < 1.29 is 9.53 Å². The van der Waals surface area contributed by atoms with Gasteiger partial charge in [0.2, 0.25) is 0 Å². The van der Waals surface area contributed by atoms with Crippen LogP contribution in [-0.2, 0) is 17.8 Å². The zero-order chi connectivity index (χ0) is 16.9. The van der Waals surface area contributed by atoms with Crippen LogP contribution in [0, 0.1) is 5.92 Å². The third-order valence-electron chi connectivity index (χ3n) is 4.29. The number of ether oxygens (including phenoxy) is 1. The van der Waals surface area contributed by atoms with Crippen molar-refractivity contribution in [3.05, 3.63) is 35.4 Å². The van der Waals surface area contributed by atoms with Crippen LogP contribution in [0.3, 0.4) is 0 Å². The Morgan fingerprint density at radius 1 is 1.13 bits per heavy atom. The molecule has 23 heavy (non-hydrogen) atoms. The molecular formula is C19H30N2O2. The molecule has 0 spiro atoms. The van der Waals surface area contributed by atoms with Crippen molar-refractivity contribution in [3.8, 4) is 0 Å². The topological polar surface area (TPSA) is 50.4 Å². The summed E-state index contributed by atoms with van der Waals surface area (Å²) in [4.78, 5) is 11.6. The van der Waals surface area contributed by atoms with Crippen LogP contribution < -0.4 is 10.6 Å². The fraction of sp³-hybridized carbons (Fsp3) is 0.632. The predicted molar refractivity (Wildman–Crippen MR) is 93.2 cm³/mol. The summed E-state index contributed by atoms with van der Waals surface area (Å²) in [6, 6.07) is 9.03. The predicted octanol–water partition coefficient (Wildman–Crippen LogP) is 3.99. The van der Waals surface area contributed by atoms with E-state index >= 15 is 0 Å². The molecule has 1 aromatic carbocycles. The van der Waals surface area contributed by atoms with Gasteiger partial charge in [-0.05, 0) is 50.7 Å². The summed E-state index contributed by atoms with van der Waals surface area (Å²) in [5.41, 5.74) is 1.90. The first kappa shape index (κ1) is 17.8. The number of benzene rings is 1. The quantitative estimate of drug-likeness (QED) is 0.863. The van der Waals surface area contributed by atoms with E-state index in [1.807, 2.05) is 20.8 Å². The van der Waals surface area contributed by atoms with Crippen molar-refractivity contribution in [1.82, 2.24) is 10.6 Å². The third kappa shape index (κ3) is 6.22. The Morgan fingerprint density at radius 2 is 1.74 bits per heavy atom. The molecule has 2 rings (SSSR count). The summed E-state index contributed by atoms with van der Waals surface area (Å²) in [7, 11) is 0. The average molecular weight is 318 g/mol. The maximum atomic E-state index is 11.6. The van der Waals surface area contributed by atoms with E-state index < -0.39 is 5.60 Å². The van der Waals surface area contributed by atoms with Crippen molar-refractivity contribution in [1.29, 1.82) is 0 Å². The molecule has 2 atom stereocenters. The van der Waals surface area contributed by atoms with Gasteiger partial charge in [-0.1, -0.05) is 37.6 Å². The molecule has 0 aliphatic heterocycles. The van der Waals surface area contributed by atoms with Crippen LogP contribution in [-0.4, -0.2) is 17.7 Å². The average Bonchev–Trinajstić information content (AvgIpc) is 2.87. The van der Waals surface area contributed by atoms with Gasteiger partial charge in [0.15, 0.2) is 0 Å². The van der Waals surface area contributed by atoms with E-state index in [1.54, 1.807) is 0 Å². The fourth-order valence-electron chi connectivity index (χ4n) is 2.96. The number of alkyl carbamates (subject to hydrolysis) is 1. The highest BCUT2D eigenvalue weighted by atomic mass is 16.6. The number of nitrogens with one attached hydrogen (secondary N) is 2. The van der Waals surface area contributed by atoms with Crippen LogP contribution in [0.1, 0.15) is 58.1 Å². The van der Waals surface area contributed by atoms with E-state index in [0.717, 1.165) is 18.0 Å². The number of rotatable bonds is 5. The number of carbonyl (C=O) groups excluding carboxylic acids is 1. The summed E-state index contributed by atoms with van der Waals surface area (Å²) in [5.74, 6) is 0.785. The van der Waals surface area contributed by atoms with Gasteiger partial charge in [0.05, 0.1) is 0 Å². The van der Waals surface area contributed by atoms with E-state index in [0.29, 0.717) is 12.6 Å². The van der Waals surface area contributed by atoms with Crippen molar-refractivity contribution in [2.75, 3.05) is 0 Å². The summed E-state index contributed by atoms with van der Waals surface area (Å²) in [5, 5.41) is 6.43. The Labute approximate surface area is 140 Å². The molecule has 0 saturated heterocycles. The zero-order valence-electron chi connectivity index (χ0n) is 14.8. The summed E-state index contributed by atoms with van der Waals surface area (Å²) in [6.45, 7) is 9.31. The van der Waals surface area contributed by atoms with Crippen LogP contribution in [0.5, 0.6) is 0 Å². The van der Waals surface area contributed by atoms with Gasteiger partial charge in [0.25, 0.3) is 0 Å². The fourth-order valence-corrected chi connectivity index (χ4v) is 2.96. The number of hydrogen-bond donors (Lipinski definition) is 2. The SMILES string of the molecule is CC1CCCC1NCc1ccc(CNC(=O)OC(C)(C)C)cc1.